The van der Waals surface area contributed by atoms with E-state index in [1.54, 1.807) is 7.11 Å². The second-order valence-corrected chi connectivity index (χ2v) is 6.09. The molecule has 0 aliphatic heterocycles. The van der Waals surface area contributed by atoms with Crippen LogP contribution in [0.25, 0.3) is 0 Å². The highest BCUT2D eigenvalue weighted by atomic mass is 32.2. The lowest BCUT2D eigenvalue weighted by atomic mass is 10.1. The summed E-state index contributed by atoms with van der Waals surface area (Å²) < 4.78 is 30.9. The zero-order valence-electron chi connectivity index (χ0n) is 11.5. The van der Waals surface area contributed by atoms with Crippen LogP contribution >= 0.6 is 0 Å². The summed E-state index contributed by atoms with van der Waals surface area (Å²) in [7, 11) is -1.56. The molecule has 0 radical (unpaired) electrons. The summed E-state index contributed by atoms with van der Waals surface area (Å²) >= 11 is 0. The SMILES string of the molecule is CCNCCS(=O)(=O)NCCc1ccc(OC)cc1. The molecule has 0 aliphatic rings. The van der Waals surface area contributed by atoms with E-state index in [1.807, 2.05) is 31.2 Å². The van der Waals surface area contributed by atoms with Crippen molar-refractivity contribution in [1.82, 2.24) is 10.0 Å². The molecule has 6 heteroatoms. The smallest absolute Gasteiger partial charge is 0.212 e. The maximum atomic E-state index is 11.6. The Bertz CT molecular complexity index is 457. The molecule has 1 rings (SSSR count). The van der Waals surface area contributed by atoms with E-state index in [1.165, 1.54) is 0 Å². The number of hydrogen-bond acceptors (Lipinski definition) is 4. The van der Waals surface area contributed by atoms with Crippen molar-refractivity contribution < 1.29 is 13.2 Å². The fourth-order valence-corrected chi connectivity index (χ4v) is 2.57. The van der Waals surface area contributed by atoms with Gasteiger partial charge in [-0.3, -0.25) is 0 Å². The molecule has 0 unspecified atom stereocenters. The number of benzene rings is 1. The lowest BCUT2D eigenvalue weighted by Gasteiger charge is -2.07. The molecule has 0 aromatic heterocycles. The zero-order valence-corrected chi connectivity index (χ0v) is 12.3. The number of nitrogens with one attached hydrogen (secondary N) is 2. The minimum atomic E-state index is -3.17. The van der Waals surface area contributed by atoms with Gasteiger partial charge >= 0.3 is 0 Å². The van der Waals surface area contributed by atoms with Crippen LogP contribution in [0.4, 0.5) is 0 Å². The normalized spacial score (nSPS) is 11.5. The maximum absolute atomic E-state index is 11.6. The molecule has 5 nitrogen and oxygen atoms in total. The molecule has 0 spiro atoms. The third-order valence-electron chi connectivity index (χ3n) is 2.69. The summed E-state index contributed by atoms with van der Waals surface area (Å²) in [5.41, 5.74) is 1.08. The van der Waals surface area contributed by atoms with Crippen molar-refractivity contribution in [1.29, 1.82) is 0 Å². The average molecular weight is 286 g/mol. The number of methoxy groups -OCH3 is 1. The summed E-state index contributed by atoms with van der Waals surface area (Å²) in [5, 5.41) is 2.99. The second-order valence-electron chi connectivity index (χ2n) is 4.16. The van der Waals surface area contributed by atoms with Gasteiger partial charge in [-0.1, -0.05) is 19.1 Å². The summed E-state index contributed by atoms with van der Waals surface area (Å²) in [6.45, 7) is 3.63. The zero-order chi connectivity index (χ0) is 14.1. The lowest BCUT2D eigenvalue weighted by Crippen LogP contribution is -2.33. The van der Waals surface area contributed by atoms with Gasteiger partial charge in [-0.05, 0) is 30.7 Å². The maximum Gasteiger partial charge on any atom is 0.212 e. The Labute approximate surface area is 115 Å². The van der Waals surface area contributed by atoms with E-state index in [2.05, 4.69) is 10.0 Å². The number of sulfonamides is 1. The topological polar surface area (TPSA) is 67.4 Å². The highest BCUT2D eigenvalue weighted by molar-refractivity contribution is 7.89. The molecule has 0 bridgehead atoms. The van der Waals surface area contributed by atoms with Crippen LogP contribution in [-0.2, 0) is 16.4 Å². The lowest BCUT2D eigenvalue weighted by molar-refractivity contribution is 0.414. The summed E-state index contributed by atoms with van der Waals surface area (Å²) in [6.07, 6.45) is 0.671. The third-order valence-corrected chi connectivity index (χ3v) is 4.08. The first-order valence-electron chi connectivity index (χ1n) is 6.38. The van der Waals surface area contributed by atoms with Crippen molar-refractivity contribution in [2.75, 3.05) is 32.5 Å². The van der Waals surface area contributed by atoms with Gasteiger partial charge in [0, 0.05) is 13.1 Å². The Morgan fingerprint density at radius 3 is 2.42 bits per heavy atom. The molecule has 0 aliphatic carbocycles. The quantitative estimate of drug-likeness (QED) is 0.658. The van der Waals surface area contributed by atoms with Gasteiger partial charge in [-0.15, -0.1) is 0 Å². The number of ether oxygens (including phenoxy) is 1. The van der Waals surface area contributed by atoms with E-state index in [0.29, 0.717) is 19.5 Å². The van der Waals surface area contributed by atoms with Gasteiger partial charge in [0.2, 0.25) is 10.0 Å². The van der Waals surface area contributed by atoms with E-state index >= 15 is 0 Å². The predicted octanol–water partition coefficient (Wildman–Crippen LogP) is 0.767. The molecule has 1 aromatic rings. The minimum absolute atomic E-state index is 0.115. The van der Waals surface area contributed by atoms with Gasteiger partial charge in [0.25, 0.3) is 0 Å². The molecule has 0 fully saturated rings. The first-order chi connectivity index (χ1) is 9.07. The van der Waals surface area contributed by atoms with Crippen LogP contribution in [0, 0.1) is 0 Å². The molecule has 0 heterocycles. The van der Waals surface area contributed by atoms with Gasteiger partial charge in [-0.2, -0.15) is 0 Å². The number of hydrogen-bond donors (Lipinski definition) is 2. The summed E-state index contributed by atoms with van der Waals surface area (Å²) in [5.74, 6) is 0.915. The third kappa shape index (κ3) is 6.56. The summed E-state index contributed by atoms with van der Waals surface area (Å²) in [6, 6.07) is 7.61. The predicted molar refractivity (Wildman–Crippen MR) is 77.0 cm³/mol. The fourth-order valence-electron chi connectivity index (χ4n) is 1.60. The van der Waals surface area contributed by atoms with E-state index in [4.69, 9.17) is 4.74 Å². The molecule has 0 saturated carbocycles. The molecule has 19 heavy (non-hydrogen) atoms. The van der Waals surface area contributed by atoms with Crippen LogP contribution in [0.3, 0.4) is 0 Å². The van der Waals surface area contributed by atoms with Crippen LogP contribution < -0.4 is 14.8 Å². The summed E-state index contributed by atoms with van der Waals surface area (Å²) in [4.78, 5) is 0. The van der Waals surface area contributed by atoms with E-state index in [0.717, 1.165) is 17.9 Å². The average Bonchev–Trinajstić information content (AvgIpc) is 2.39. The molecular weight excluding hydrogens is 264 g/mol. The molecule has 0 atom stereocenters. The van der Waals surface area contributed by atoms with Gasteiger partial charge in [0.15, 0.2) is 0 Å². The molecule has 0 amide bonds. The Balaban J connectivity index is 2.32. The van der Waals surface area contributed by atoms with Crippen LogP contribution in [0.2, 0.25) is 0 Å². The van der Waals surface area contributed by atoms with E-state index in [9.17, 15) is 8.42 Å². The van der Waals surface area contributed by atoms with Crippen molar-refractivity contribution in [3.05, 3.63) is 29.8 Å². The Kier molecular flexibility index (Phi) is 6.83. The largest absolute Gasteiger partial charge is 0.497 e. The Morgan fingerprint density at radius 2 is 1.84 bits per heavy atom. The first kappa shape index (κ1) is 15.9. The van der Waals surface area contributed by atoms with Crippen molar-refractivity contribution in [3.8, 4) is 5.75 Å². The molecular formula is C13H22N2O3S. The van der Waals surface area contributed by atoms with Gasteiger partial charge in [0.1, 0.15) is 5.75 Å². The first-order valence-corrected chi connectivity index (χ1v) is 8.03. The molecule has 108 valence electrons. The molecule has 0 saturated heterocycles. The highest BCUT2D eigenvalue weighted by Crippen LogP contribution is 2.11. The van der Waals surface area contributed by atoms with Gasteiger partial charge < -0.3 is 10.1 Å². The Morgan fingerprint density at radius 1 is 1.16 bits per heavy atom. The van der Waals surface area contributed by atoms with E-state index < -0.39 is 10.0 Å². The monoisotopic (exact) mass is 286 g/mol. The van der Waals surface area contributed by atoms with Crippen LogP contribution in [0.1, 0.15) is 12.5 Å². The Hall–Kier alpha value is -1.11. The van der Waals surface area contributed by atoms with Crippen LogP contribution in [-0.4, -0.2) is 40.9 Å². The standard InChI is InChI=1S/C13H22N2O3S/c1-3-14-10-11-19(16,17)15-9-8-12-4-6-13(18-2)7-5-12/h4-7,14-15H,3,8-11H2,1-2H3. The van der Waals surface area contributed by atoms with Gasteiger partial charge in [0.05, 0.1) is 12.9 Å². The van der Waals surface area contributed by atoms with Crippen molar-refractivity contribution in [2.24, 2.45) is 0 Å². The fraction of sp³-hybridized carbons (Fsp3) is 0.538. The van der Waals surface area contributed by atoms with Crippen molar-refractivity contribution >= 4 is 10.0 Å². The molecule has 1 aromatic carbocycles. The highest BCUT2D eigenvalue weighted by Gasteiger charge is 2.08. The minimum Gasteiger partial charge on any atom is -0.497 e. The number of rotatable bonds is 9. The van der Waals surface area contributed by atoms with Crippen molar-refractivity contribution in [3.63, 3.8) is 0 Å². The van der Waals surface area contributed by atoms with Crippen molar-refractivity contribution in [2.45, 2.75) is 13.3 Å². The second kappa shape index (κ2) is 8.14. The van der Waals surface area contributed by atoms with E-state index in [-0.39, 0.29) is 5.75 Å². The van der Waals surface area contributed by atoms with Crippen LogP contribution in [0.5, 0.6) is 5.75 Å². The van der Waals surface area contributed by atoms with Crippen LogP contribution in [0.15, 0.2) is 24.3 Å². The molecule has 2 N–H and O–H groups in total. The van der Waals surface area contributed by atoms with Gasteiger partial charge in [-0.25, -0.2) is 13.1 Å².